The van der Waals surface area contributed by atoms with Gasteiger partial charge in [-0.1, -0.05) is 35.5 Å². The zero-order valence-electron chi connectivity index (χ0n) is 19.1. The smallest absolute Gasteiger partial charge is 0.313 e. The SMILES string of the molecule is CC(C)=CC[C@@H](/C=C(\CCO)COC(=O)[C@H](/C=C(/CO)CCO)CC=C(C)C)C(=O)O. The van der Waals surface area contributed by atoms with Crippen LogP contribution in [-0.2, 0) is 14.3 Å². The van der Waals surface area contributed by atoms with Gasteiger partial charge >= 0.3 is 11.9 Å². The molecule has 0 aliphatic heterocycles. The summed E-state index contributed by atoms with van der Waals surface area (Å²) in [7, 11) is 0. The fourth-order valence-electron chi connectivity index (χ4n) is 2.74. The third-order valence-electron chi connectivity index (χ3n) is 4.52. The molecule has 0 amide bonds. The average molecular weight is 439 g/mol. The number of ether oxygens (including phenoxy) is 1. The van der Waals surface area contributed by atoms with Gasteiger partial charge in [0.05, 0.1) is 18.4 Å². The second kappa shape index (κ2) is 16.5. The molecule has 0 aromatic rings. The van der Waals surface area contributed by atoms with Crippen LogP contribution in [0, 0.1) is 11.8 Å². The number of rotatable bonds is 15. The fourth-order valence-corrected chi connectivity index (χ4v) is 2.74. The van der Waals surface area contributed by atoms with Gasteiger partial charge in [-0.3, -0.25) is 9.59 Å². The van der Waals surface area contributed by atoms with E-state index in [-0.39, 0.29) is 39.3 Å². The van der Waals surface area contributed by atoms with Crippen molar-refractivity contribution in [1.29, 1.82) is 0 Å². The van der Waals surface area contributed by atoms with E-state index in [9.17, 15) is 24.9 Å². The van der Waals surface area contributed by atoms with Crippen molar-refractivity contribution in [2.45, 2.75) is 53.4 Å². The van der Waals surface area contributed by atoms with Crippen LogP contribution in [0.4, 0.5) is 0 Å². The van der Waals surface area contributed by atoms with E-state index in [1.807, 2.05) is 39.8 Å². The summed E-state index contributed by atoms with van der Waals surface area (Å²) < 4.78 is 5.44. The first-order valence-electron chi connectivity index (χ1n) is 10.5. The van der Waals surface area contributed by atoms with Crippen LogP contribution in [0.5, 0.6) is 0 Å². The number of carboxylic acid groups (broad SMARTS) is 1. The van der Waals surface area contributed by atoms with E-state index in [1.165, 1.54) is 6.08 Å². The number of hydrogen-bond donors (Lipinski definition) is 4. The lowest BCUT2D eigenvalue weighted by Gasteiger charge is -2.15. The minimum absolute atomic E-state index is 0.119. The average Bonchev–Trinajstić information content (AvgIpc) is 2.70. The van der Waals surface area contributed by atoms with Crippen LogP contribution in [0.1, 0.15) is 53.4 Å². The number of aliphatic carboxylic acids is 1. The van der Waals surface area contributed by atoms with Crippen molar-refractivity contribution in [2.24, 2.45) is 11.8 Å². The zero-order chi connectivity index (χ0) is 23.8. The normalized spacial score (nSPS) is 13.9. The lowest BCUT2D eigenvalue weighted by Crippen LogP contribution is -2.19. The molecule has 0 spiro atoms. The van der Waals surface area contributed by atoms with Gasteiger partial charge in [-0.15, -0.1) is 0 Å². The van der Waals surface area contributed by atoms with Crippen LogP contribution in [0.3, 0.4) is 0 Å². The van der Waals surface area contributed by atoms with E-state index in [0.717, 1.165) is 11.1 Å². The second-order valence-electron chi connectivity index (χ2n) is 7.95. The Bertz CT molecular complexity index is 678. The number of hydrogen-bond acceptors (Lipinski definition) is 6. The van der Waals surface area contributed by atoms with E-state index in [4.69, 9.17) is 9.84 Å². The number of allylic oxidation sites excluding steroid dienone is 4. The molecule has 0 aliphatic carbocycles. The first-order chi connectivity index (χ1) is 14.6. The van der Waals surface area contributed by atoms with Crippen LogP contribution in [0.2, 0.25) is 0 Å². The maximum Gasteiger partial charge on any atom is 0.313 e. The topological polar surface area (TPSA) is 124 Å². The Morgan fingerprint density at radius 2 is 1.29 bits per heavy atom. The summed E-state index contributed by atoms with van der Waals surface area (Å²) in [5, 5.41) is 37.4. The maximum atomic E-state index is 12.7. The van der Waals surface area contributed by atoms with Crippen molar-refractivity contribution < 1.29 is 34.8 Å². The number of carbonyl (C=O) groups excluding carboxylic acids is 1. The molecule has 0 unspecified atom stereocenters. The second-order valence-corrected chi connectivity index (χ2v) is 7.95. The van der Waals surface area contributed by atoms with Crippen molar-refractivity contribution in [1.82, 2.24) is 0 Å². The van der Waals surface area contributed by atoms with E-state index < -0.39 is 23.8 Å². The molecule has 0 aromatic carbocycles. The molecule has 0 rings (SSSR count). The van der Waals surface area contributed by atoms with Crippen molar-refractivity contribution in [3.63, 3.8) is 0 Å². The zero-order valence-corrected chi connectivity index (χ0v) is 19.1. The summed E-state index contributed by atoms with van der Waals surface area (Å²) in [5.41, 5.74) is 3.12. The molecule has 0 fully saturated rings. The molecule has 0 bridgehead atoms. The highest BCUT2D eigenvalue weighted by molar-refractivity contribution is 5.75. The molecule has 7 heteroatoms. The maximum absolute atomic E-state index is 12.7. The summed E-state index contributed by atoms with van der Waals surface area (Å²) in [5.74, 6) is -2.91. The van der Waals surface area contributed by atoms with Gasteiger partial charge in [0, 0.05) is 13.2 Å². The van der Waals surface area contributed by atoms with Crippen LogP contribution in [0.25, 0.3) is 0 Å². The number of aliphatic hydroxyl groups excluding tert-OH is 3. The van der Waals surface area contributed by atoms with Gasteiger partial charge in [0.2, 0.25) is 0 Å². The van der Waals surface area contributed by atoms with Crippen LogP contribution in [0.15, 0.2) is 46.6 Å². The third kappa shape index (κ3) is 13.6. The predicted molar refractivity (Wildman–Crippen MR) is 120 cm³/mol. The lowest BCUT2D eigenvalue weighted by molar-refractivity contribution is -0.145. The number of carbonyl (C=O) groups is 2. The monoisotopic (exact) mass is 438 g/mol. The molecule has 4 N–H and O–H groups in total. The number of carboxylic acids is 1. The molecular weight excluding hydrogens is 400 g/mol. The highest BCUT2D eigenvalue weighted by atomic mass is 16.5. The first kappa shape index (κ1) is 28.8. The molecule has 0 saturated heterocycles. The molecule has 0 heterocycles. The Morgan fingerprint density at radius 3 is 1.74 bits per heavy atom. The fraction of sp³-hybridized carbons (Fsp3) is 0.583. The van der Waals surface area contributed by atoms with E-state index >= 15 is 0 Å². The van der Waals surface area contributed by atoms with Gasteiger partial charge in [0.1, 0.15) is 6.61 Å². The van der Waals surface area contributed by atoms with Crippen LogP contribution >= 0.6 is 0 Å². The number of aliphatic hydroxyl groups is 3. The molecule has 31 heavy (non-hydrogen) atoms. The molecule has 0 aliphatic rings. The van der Waals surface area contributed by atoms with E-state index in [0.29, 0.717) is 24.0 Å². The molecular formula is C24H38O7. The van der Waals surface area contributed by atoms with E-state index in [1.54, 1.807) is 6.08 Å². The molecule has 2 atom stereocenters. The predicted octanol–water partition coefficient (Wildman–Crippen LogP) is 3.17. The summed E-state index contributed by atoms with van der Waals surface area (Å²) in [6.07, 6.45) is 8.03. The molecule has 0 radical (unpaired) electrons. The largest absolute Gasteiger partial charge is 0.481 e. The van der Waals surface area contributed by atoms with Crippen molar-refractivity contribution in [3.8, 4) is 0 Å². The summed E-state index contributed by atoms with van der Waals surface area (Å²) >= 11 is 0. The summed E-state index contributed by atoms with van der Waals surface area (Å²) in [4.78, 5) is 24.3. The molecule has 0 aromatic heterocycles. The summed E-state index contributed by atoms with van der Waals surface area (Å²) in [6, 6.07) is 0. The van der Waals surface area contributed by atoms with Crippen LogP contribution in [-0.4, -0.2) is 58.8 Å². The molecule has 176 valence electrons. The Morgan fingerprint density at radius 1 is 0.806 bits per heavy atom. The Kier molecular flexibility index (Phi) is 15.3. The Balaban J connectivity index is 5.49. The van der Waals surface area contributed by atoms with Gasteiger partial charge in [-0.05, 0) is 64.5 Å². The standard InChI is InChI=1S/C24H38O7/c1-17(2)5-7-21(23(28)29)14-20(10-12-26)16-31-24(30)22(8-6-18(3)4)13-19(15-27)9-11-25/h5-6,13-14,21-22,25-27H,7-12,15-16H2,1-4H3,(H,28,29)/b19-13+,20-14+/t21-,22-/m0/s1. The number of esters is 1. The van der Waals surface area contributed by atoms with Gasteiger partial charge in [-0.25, -0.2) is 0 Å². The first-order valence-corrected chi connectivity index (χ1v) is 10.5. The van der Waals surface area contributed by atoms with Gasteiger partial charge in [0.15, 0.2) is 0 Å². The highest BCUT2D eigenvalue weighted by Gasteiger charge is 2.19. The quantitative estimate of drug-likeness (QED) is 0.229. The van der Waals surface area contributed by atoms with Gasteiger partial charge in [0.25, 0.3) is 0 Å². The summed E-state index contributed by atoms with van der Waals surface area (Å²) in [6.45, 7) is 6.88. The molecule has 0 saturated carbocycles. The van der Waals surface area contributed by atoms with Crippen molar-refractivity contribution in [2.75, 3.05) is 26.4 Å². The lowest BCUT2D eigenvalue weighted by atomic mass is 9.98. The highest BCUT2D eigenvalue weighted by Crippen LogP contribution is 2.18. The Hall–Kier alpha value is -2.22. The van der Waals surface area contributed by atoms with Crippen LogP contribution < -0.4 is 0 Å². The minimum atomic E-state index is -0.986. The van der Waals surface area contributed by atoms with E-state index in [2.05, 4.69) is 0 Å². The minimum Gasteiger partial charge on any atom is -0.481 e. The van der Waals surface area contributed by atoms with Crippen molar-refractivity contribution >= 4 is 11.9 Å². The van der Waals surface area contributed by atoms with Crippen molar-refractivity contribution in [3.05, 3.63) is 46.6 Å². The Labute approximate surface area is 185 Å². The molecule has 7 nitrogen and oxygen atoms in total. The van der Waals surface area contributed by atoms with Gasteiger partial charge < -0.3 is 25.2 Å². The third-order valence-corrected chi connectivity index (χ3v) is 4.52. The van der Waals surface area contributed by atoms with Gasteiger partial charge in [-0.2, -0.15) is 0 Å².